The van der Waals surface area contributed by atoms with Crippen LogP contribution >= 0.6 is 0 Å². The number of carboxylic acids is 1. The van der Waals surface area contributed by atoms with E-state index in [1.807, 2.05) is 0 Å². The molecule has 6 nitrogen and oxygen atoms in total. The van der Waals surface area contributed by atoms with Crippen molar-refractivity contribution >= 4 is 22.8 Å². The Kier molecular flexibility index (Phi) is 3.50. The number of hydrogen-bond acceptors (Lipinski definition) is 4. The number of aromatic nitrogens is 1. The van der Waals surface area contributed by atoms with Crippen LogP contribution in [0.5, 0.6) is 0 Å². The third-order valence-corrected chi connectivity index (χ3v) is 3.70. The first-order valence-corrected chi connectivity index (χ1v) is 6.70. The lowest BCUT2D eigenvalue weighted by atomic mass is 9.98. The van der Waals surface area contributed by atoms with Gasteiger partial charge in [-0.15, -0.1) is 0 Å². The van der Waals surface area contributed by atoms with Crippen LogP contribution in [-0.4, -0.2) is 40.7 Å². The molecule has 1 aromatic carbocycles. The number of carboxylic acid groups (broad SMARTS) is 1. The number of carbonyl (C=O) groups excluding carboxylic acids is 1. The maximum atomic E-state index is 13.7. The van der Waals surface area contributed by atoms with Gasteiger partial charge in [0.25, 0.3) is 5.91 Å². The molecule has 0 aliphatic carbocycles. The molecule has 1 aromatic heterocycles. The summed E-state index contributed by atoms with van der Waals surface area (Å²) in [5.41, 5.74) is -1.16. The second-order valence-corrected chi connectivity index (χ2v) is 5.17. The summed E-state index contributed by atoms with van der Waals surface area (Å²) in [5, 5.41) is 12.3. The van der Waals surface area contributed by atoms with Crippen molar-refractivity contribution < 1.29 is 23.8 Å². The Morgan fingerprint density at radius 3 is 2.91 bits per heavy atom. The number of pyridine rings is 1. The number of amides is 1. The van der Waals surface area contributed by atoms with Gasteiger partial charge in [0.2, 0.25) is 0 Å². The van der Waals surface area contributed by atoms with Gasteiger partial charge in [-0.2, -0.15) is 0 Å². The van der Waals surface area contributed by atoms with Crippen LogP contribution in [0.3, 0.4) is 0 Å². The quantitative estimate of drug-likeness (QED) is 0.893. The van der Waals surface area contributed by atoms with Gasteiger partial charge in [-0.05, 0) is 18.2 Å². The van der Waals surface area contributed by atoms with Crippen molar-refractivity contribution in [2.45, 2.75) is 12.0 Å². The number of hydrogen-bond donors (Lipinski definition) is 2. The van der Waals surface area contributed by atoms with Crippen molar-refractivity contribution in [2.24, 2.45) is 0 Å². The number of nitrogens with one attached hydrogen (secondary N) is 1. The van der Waals surface area contributed by atoms with Crippen LogP contribution in [0.4, 0.5) is 4.39 Å². The van der Waals surface area contributed by atoms with E-state index in [-0.39, 0.29) is 25.2 Å². The summed E-state index contributed by atoms with van der Waals surface area (Å²) in [6.07, 6.45) is 1.65. The summed E-state index contributed by atoms with van der Waals surface area (Å²) in [4.78, 5) is 28.0. The van der Waals surface area contributed by atoms with Gasteiger partial charge in [0.15, 0.2) is 5.54 Å². The largest absolute Gasteiger partial charge is 0.479 e. The van der Waals surface area contributed by atoms with E-state index in [0.29, 0.717) is 10.9 Å². The van der Waals surface area contributed by atoms with Crippen LogP contribution in [0.15, 0.2) is 30.5 Å². The van der Waals surface area contributed by atoms with E-state index >= 15 is 0 Å². The Bertz CT molecular complexity index is 756. The van der Waals surface area contributed by atoms with E-state index in [4.69, 9.17) is 4.74 Å². The fourth-order valence-corrected chi connectivity index (χ4v) is 2.50. The van der Waals surface area contributed by atoms with Crippen LogP contribution in [0.25, 0.3) is 10.9 Å². The molecule has 0 spiro atoms. The maximum absolute atomic E-state index is 13.7. The van der Waals surface area contributed by atoms with Crippen LogP contribution in [0.1, 0.15) is 16.8 Å². The second-order valence-electron chi connectivity index (χ2n) is 5.17. The van der Waals surface area contributed by atoms with Crippen LogP contribution in [0.2, 0.25) is 0 Å². The zero-order valence-electron chi connectivity index (χ0n) is 11.5. The standard InChI is InChI=1S/C15H13FN2O4/c16-10-6-9-2-1-4-17-12(9)11(7-10)13(19)18-15(14(20)21)3-5-22-8-15/h1-2,4,6-7H,3,5,8H2,(H,18,19)(H,20,21). The number of nitrogens with zero attached hydrogens (tertiary/aromatic N) is 1. The summed E-state index contributed by atoms with van der Waals surface area (Å²) in [5.74, 6) is -2.44. The highest BCUT2D eigenvalue weighted by molar-refractivity contribution is 6.07. The zero-order valence-corrected chi connectivity index (χ0v) is 11.5. The Hall–Kier alpha value is -2.54. The Morgan fingerprint density at radius 1 is 1.41 bits per heavy atom. The molecule has 1 unspecified atom stereocenters. The molecule has 114 valence electrons. The molecule has 2 heterocycles. The molecule has 1 aliphatic heterocycles. The fraction of sp³-hybridized carbons (Fsp3) is 0.267. The highest BCUT2D eigenvalue weighted by Crippen LogP contribution is 2.22. The number of fused-ring (bicyclic) bond motifs is 1. The Labute approximate surface area is 124 Å². The van der Waals surface area contributed by atoms with Crippen LogP contribution in [-0.2, 0) is 9.53 Å². The molecule has 1 fully saturated rings. The summed E-state index contributed by atoms with van der Waals surface area (Å²) in [6.45, 7) is 0.128. The normalized spacial score (nSPS) is 21.0. The van der Waals surface area contributed by atoms with Crippen LogP contribution in [0, 0.1) is 5.82 Å². The van der Waals surface area contributed by atoms with E-state index in [0.717, 1.165) is 6.07 Å². The molecule has 0 saturated carbocycles. The van der Waals surface area contributed by atoms with Gasteiger partial charge in [0, 0.05) is 24.6 Å². The number of ether oxygens (including phenoxy) is 1. The smallest absolute Gasteiger partial charge is 0.331 e. The van der Waals surface area contributed by atoms with Gasteiger partial charge in [-0.3, -0.25) is 9.78 Å². The predicted molar refractivity (Wildman–Crippen MR) is 75.0 cm³/mol. The van der Waals surface area contributed by atoms with E-state index in [2.05, 4.69) is 10.3 Å². The minimum atomic E-state index is -1.48. The molecule has 1 amide bonds. The minimum absolute atomic E-state index is 0.00289. The maximum Gasteiger partial charge on any atom is 0.331 e. The molecule has 1 aliphatic rings. The van der Waals surface area contributed by atoms with Gasteiger partial charge >= 0.3 is 5.97 Å². The average Bonchev–Trinajstić information content (AvgIpc) is 2.96. The molecule has 1 saturated heterocycles. The lowest BCUT2D eigenvalue weighted by molar-refractivity contribution is -0.144. The van der Waals surface area contributed by atoms with E-state index in [1.54, 1.807) is 12.1 Å². The fourth-order valence-electron chi connectivity index (χ4n) is 2.50. The molecule has 2 N–H and O–H groups in total. The van der Waals surface area contributed by atoms with Crippen LogP contribution < -0.4 is 5.32 Å². The highest BCUT2D eigenvalue weighted by Gasteiger charge is 2.44. The molecule has 0 radical (unpaired) electrons. The molecule has 1 atom stereocenters. The molecule has 2 aromatic rings. The first-order valence-electron chi connectivity index (χ1n) is 6.70. The molecule has 0 bridgehead atoms. The third-order valence-electron chi connectivity index (χ3n) is 3.70. The van der Waals surface area contributed by atoms with Crippen molar-refractivity contribution in [1.82, 2.24) is 10.3 Å². The van der Waals surface area contributed by atoms with Crippen molar-refractivity contribution in [3.8, 4) is 0 Å². The SMILES string of the molecule is O=C(NC1(C(=O)O)CCOC1)c1cc(F)cc2cccnc12. The highest BCUT2D eigenvalue weighted by atomic mass is 19.1. The van der Waals surface area contributed by atoms with Gasteiger partial charge in [-0.1, -0.05) is 6.07 Å². The van der Waals surface area contributed by atoms with E-state index in [9.17, 15) is 19.1 Å². The van der Waals surface area contributed by atoms with Gasteiger partial charge in [0.05, 0.1) is 17.7 Å². The summed E-state index contributed by atoms with van der Waals surface area (Å²) < 4.78 is 18.8. The molecule has 7 heteroatoms. The Balaban J connectivity index is 2.00. The van der Waals surface area contributed by atoms with Gasteiger partial charge in [0.1, 0.15) is 5.82 Å². The number of benzene rings is 1. The third kappa shape index (κ3) is 2.39. The Morgan fingerprint density at radius 2 is 2.23 bits per heavy atom. The molecular formula is C15H13FN2O4. The van der Waals surface area contributed by atoms with Crippen molar-refractivity contribution in [3.05, 3.63) is 41.8 Å². The van der Waals surface area contributed by atoms with Gasteiger partial charge < -0.3 is 15.2 Å². The van der Waals surface area contributed by atoms with Gasteiger partial charge in [-0.25, -0.2) is 9.18 Å². The number of carbonyl (C=O) groups is 2. The molecule has 22 heavy (non-hydrogen) atoms. The number of aliphatic carboxylic acids is 1. The summed E-state index contributed by atoms with van der Waals surface area (Å²) >= 11 is 0. The van der Waals surface area contributed by atoms with Crippen molar-refractivity contribution in [3.63, 3.8) is 0 Å². The number of halogens is 1. The second kappa shape index (κ2) is 5.34. The lowest BCUT2D eigenvalue weighted by Crippen LogP contribution is -2.55. The zero-order chi connectivity index (χ0) is 15.7. The van der Waals surface area contributed by atoms with E-state index in [1.165, 1.54) is 12.3 Å². The monoisotopic (exact) mass is 304 g/mol. The summed E-state index contributed by atoms with van der Waals surface area (Å²) in [7, 11) is 0. The summed E-state index contributed by atoms with van der Waals surface area (Å²) in [6, 6.07) is 5.58. The molecule has 3 rings (SSSR count). The van der Waals surface area contributed by atoms with Crippen molar-refractivity contribution in [2.75, 3.05) is 13.2 Å². The lowest BCUT2D eigenvalue weighted by Gasteiger charge is -2.23. The first-order chi connectivity index (χ1) is 10.5. The average molecular weight is 304 g/mol. The van der Waals surface area contributed by atoms with E-state index < -0.39 is 23.2 Å². The first kappa shape index (κ1) is 14.4. The minimum Gasteiger partial charge on any atom is -0.479 e. The topological polar surface area (TPSA) is 88.5 Å². The number of rotatable bonds is 3. The van der Waals surface area contributed by atoms with Crippen molar-refractivity contribution in [1.29, 1.82) is 0 Å². The molecular weight excluding hydrogens is 291 g/mol. The predicted octanol–water partition coefficient (Wildman–Crippen LogP) is 1.35.